The van der Waals surface area contributed by atoms with E-state index in [1.807, 2.05) is 39.0 Å². The van der Waals surface area contributed by atoms with E-state index in [4.69, 9.17) is 14.2 Å². The normalized spacial score (nSPS) is 11.4. The SMILES string of the molecule is COCCOC(=O)c1ncc2[nH]c3cccc(OC(C)C)c3c2c1C. The average molecular weight is 342 g/mol. The molecule has 0 aliphatic heterocycles. The van der Waals surface area contributed by atoms with Crippen LogP contribution in [0.25, 0.3) is 21.8 Å². The first-order valence-electron chi connectivity index (χ1n) is 8.25. The van der Waals surface area contributed by atoms with Gasteiger partial charge in [0.25, 0.3) is 0 Å². The first-order chi connectivity index (χ1) is 12.0. The van der Waals surface area contributed by atoms with Crippen molar-refractivity contribution in [2.75, 3.05) is 20.3 Å². The van der Waals surface area contributed by atoms with Gasteiger partial charge in [-0.3, -0.25) is 0 Å². The summed E-state index contributed by atoms with van der Waals surface area (Å²) in [6.07, 6.45) is 1.71. The Labute approximate surface area is 146 Å². The Balaban J connectivity index is 2.13. The number of aromatic amines is 1. The second kappa shape index (κ2) is 7.11. The van der Waals surface area contributed by atoms with Crippen LogP contribution in [0.4, 0.5) is 0 Å². The number of esters is 1. The van der Waals surface area contributed by atoms with Gasteiger partial charge in [-0.25, -0.2) is 9.78 Å². The fraction of sp³-hybridized carbons (Fsp3) is 0.368. The second-order valence-corrected chi connectivity index (χ2v) is 6.12. The van der Waals surface area contributed by atoms with Crippen molar-refractivity contribution in [1.29, 1.82) is 0 Å². The minimum atomic E-state index is -0.451. The molecule has 6 nitrogen and oxygen atoms in total. The van der Waals surface area contributed by atoms with Gasteiger partial charge < -0.3 is 19.2 Å². The van der Waals surface area contributed by atoms with Crippen LogP contribution in [0.5, 0.6) is 5.75 Å². The highest BCUT2D eigenvalue weighted by molar-refractivity contribution is 6.13. The van der Waals surface area contributed by atoms with Crippen molar-refractivity contribution < 1.29 is 19.0 Å². The summed E-state index contributed by atoms with van der Waals surface area (Å²) in [7, 11) is 1.56. The minimum Gasteiger partial charge on any atom is -0.490 e. The molecule has 3 aromatic rings. The van der Waals surface area contributed by atoms with Crippen molar-refractivity contribution in [2.45, 2.75) is 26.9 Å². The molecule has 0 aliphatic carbocycles. The molecule has 0 saturated heterocycles. The fourth-order valence-electron chi connectivity index (χ4n) is 2.91. The van der Waals surface area contributed by atoms with Gasteiger partial charge in [0.05, 0.1) is 29.9 Å². The molecular weight excluding hydrogens is 320 g/mol. The number of aryl methyl sites for hydroxylation is 1. The average Bonchev–Trinajstić information content (AvgIpc) is 2.95. The number of nitrogens with zero attached hydrogens (tertiary/aromatic N) is 1. The van der Waals surface area contributed by atoms with Crippen molar-refractivity contribution in [2.24, 2.45) is 0 Å². The third-order valence-electron chi connectivity index (χ3n) is 3.94. The van der Waals surface area contributed by atoms with E-state index in [0.29, 0.717) is 12.3 Å². The number of hydrogen-bond acceptors (Lipinski definition) is 5. The van der Waals surface area contributed by atoms with Crippen LogP contribution in [0, 0.1) is 6.92 Å². The van der Waals surface area contributed by atoms with E-state index in [-0.39, 0.29) is 12.7 Å². The number of carbonyl (C=O) groups is 1. The second-order valence-electron chi connectivity index (χ2n) is 6.12. The maximum Gasteiger partial charge on any atom is 0.357 e. The zero-order valence-electron chi connectivity index (χ0n) is 14.9. The molecule has 0 aliphatic rings. The van der Waals surface area contributed by atoms with Crippen LogP contribution in [-0.4, -0.2) is 42.4 Å². The summed E-state index contributed by atoms with van der Waals surface area (Å²) in [5, 5.41) is 1.89. The lowest BCUT2D eigenvalue weighted by molar-refractivity contribution is 0.0381. The molecule has 2 heterocycles. The molecule has 132 valence electrons. The molecule has 3 rings (SSSR count). The van der Waals surface area contributed by atoms with Crippen molar-refractivity contribution in [3.63, 3.8) is 0 Å². The first-order valence-corrected chi connectivity index (χ1v) is 8.25. The van der Waals surface area contributed by atoms with E-state index >= 15 is 0 Å². The zero-order chi connectivity index (χ0) is 18.0. The lowest BCUT2D eigenvalue weighted by Gasteiger charge is -2.12. The number of rotatable bonds is 6. The lowest BCUT2D eigenvalue weighted by atomic mass is 10.1. The van der Waals surface area contributed by atoms with E-state index in [1.54, 1.807) is 13.3 Å². The molecule has 1 aromatic carbocycles. The van der Waals surface area contributed by atoms with Crippen LogP contribution < -0.4 is 4.74 Å². The Hall–Kier alpha value is -2.60. The third kappa shape index (κ3) is 3.30. The molecule has 0 spiro atoms. The third-order valence-corrected chi connectivity index (χ3v) is 3.94. The first kappa shape index (κ1) is 17.2. The van der Waals surface area contributed by atoms with Gasteiger partial charge in [-0.15, -0.1) is 0 Å². The summed E-state index contributed by atoms with van der Waals surface area (Å²) in [6.45, 7) is 6.40. The van der Waals surface area contributed by atoms with Gasteiger partial charge >= 0.3 is 5.97 Å². The monoisotopic (exact) mass is 342 g/mol. The van der Waals surface area contributed by atoms with Gasteiger partial charge in [-0.2, -0.15) is 0 Å². The molecule has 0 amide bonds. The summed E-state index contributed by atoms with van der Waals surface area (Å²) < 4.78 is 16.1. The Morgan fingerprint density at radius 1 is 1.20 bits per heavy atom. The Bertz CT molecular complexity index is 915. The van der Waals surface area contributed by atoms with Crippen LogP contribution >= 0.6 is 0 Å². The lowest BCUT2D eigenvalue weighted by Crippen LogP contribution is -2.13. The van der Waals surface area contributed by atoms with Crippen LogP contribution in [0.1, 0.15) is 29.9 Å². The van der Waals surface area contributed by atoms with Crippen molar-refractivity contribution in [1.82, 2.24) is 9.97 Å². The molecule has 2 aromatic heterocycles. The van der Waals surface area contributed by atoms with Gasteiger partial charge in [-0.1, -0.05) is 6.07 Å². The Morgan fingerprint density at radius 2 is 2.00 bits per heavy atom. The van der Waals surface area contributed by atoms with E-state index in [9.17, 15) is 4.79 Å². The van der Waals surface area contributed by atoms with Gasteiger partial charge in [0, 0.05) is 17.9 Å². The van der Waals surface area contributed by atoms with Gasteiger partial charge in [0.2, 0.25) is 0 Å². The largest absolute Gasteiger partial charge is 0.490 e. The number of hydrogen-bond donors (Lipinski definition) is 1. The zero-order valence-corrected chi connectivity index (χ0v) is 14.9. The summed E-state index contributed by atoms with van der Waals surface area (Å²) >= 11 is 0. The van der Waals surface area contributed by atoms with Gasteiger partial charge in [-0.05, 0) is 38.5 Å². The number of nitrogens with one attached hydrogen (secondary N) is 1. The molecule has 0 bridgehead atoms. The summed E-state index contributed by atoms with van der Waals surface area (Å²) in [4.78, 5) is 19.9. The fourth-order valence-corrected chi connectivity index (χ4v) is 2.91. The highest BCUT2D eigenvalue weighted by Gasteiger charge is 2.19. The van der Waals surface area contributed by atoms with E-state index in [1.165, 1.54) is 0 Å². The molecule has 0 radical (unpaired) electrons. The number of H-pyrrole nitrogens is 1. The molecular formula is C19H22N2O4. The van der Waals surface area contributed by atoms with Gasteiger partial charge in [0.1, 0.15) is 12.4 Å². The molecule has 0 unspecified atom stereocenters. The van der Waals surface area contributed by atoms with Crippen molar-refractivity contribution >= 4 is 27.8 Å². The van der Waals surface area contributed by atoms with Crippen LogP contribution in [0.15, 0.2) is 24.4 Å². The maximum absolute atomic E-state index is 12.3. The number of pyridine rings is 1. The number of fused-ring (bicyclic) bond motifs is 3. The molecule has 6 heteroatoms. The molecule has 25 heavy (non-hydrogen) atoms. The number of aromatic nitrogens is 2. The molecule has 0 saturated carbocycles. The van der Waals surface area contributed by atoms with Crippen LogP contribution in [0.3, 0.4) is 0 Å². The highest BCUT2D eigenvalue weighted by atomic mass is 16.6. The predicted octanol–water partition coefficient (Wildman–Crippen LogP) is 3.61. The van der Waals surface area contributed by atoms with Crippen molar-refractivity contribution in [3.05, 3.63) is 35.7 Å². The smallest absolute Gasteiger partial charge is 0.357 e. The topological polar surface area (TPSA) is 73.4 Å². The quantitative estimate of drug-likeness (QED) is 0.547. The summed E-state index contributed by atoms with van der Waals surface area (Å²) in [6, 6.07) is 5.86. The van der Waals surface area contributed by atoms with E-state index in [2.05, 4.69) is 9.97 Å². The van der Waals surface area contributed by atoms with E-state index < -0.39 is 5.97 Å². The Kier molecular flexibility index (Phi) is 4.90. The Morgan fingerprint density at radius 3 is 2.72 bits per heavy atom. The van der Waals surface area contributed by atoms with Crippen molar-refractivity contribution in [3.8, 4) is 5.75 Å². The molecule has 0 atom stereocenters. The number of methoxy groups -OCH3 is 1. The minimum absolute atomic E-state index is 0.0520. The summed E-state index contributed by atoms with van der Waals surface area (Å²) in [5.74, 6) is 0.333. The highest BCUT2D eigenvalue weighted by Crippen LogP contribution is 2.36. The number of benzene rings is 1. The number of ether oxygens (including phenoxy) is 3. The molecule has 1 N–H and O–H groups in total. The summed E-state index contributed by atoms with van der Waals surface area (Å²) in [5.41, 5.74) is 2.89. The molecule has 0 fully saturated rings. The predicted molar refractivity (Wildman–Crippen MR) is 96.3 cm³/mol. The van der Waals surface area contributed by atoms with Gasteiger partial charge in [0.15, 0.2) is 5.69 Å². The standard InChI is InChI=1S/C19H22N2O4/c1-11(2)25-15-7-5-6-13-17(15)16-12(3)18(20-10-14(16)21-13)19(22)24-9-8-23-4/h5-7,10-11,21H,8-9H2,1-4H3. The van der Waals surface area contributed by atoms with Crippen LogP contribution in [0.2, 0.25) is 0 Å². The maximum atomic E-state index is 12.3. The van der Waals surface area contributed by atoms with Crippen LogP contribution in [-0.2, 0) is 9.47 Å². The number of carbonyl (C=O) groups excluding carboxylic acids is 1. The van der Waals surface area contributed by atoms with E-state index in [0.717, 1.165) is 33.1 Å².